The summed E-state index contributed by atoms with van der Waals surface area (Å²) in [6, 6.07) is 1.87. The van der Waals surface area contributed by atoms with Crippen molar-refractivity contribution in [2.45, 2.75) is 12.6 Å². The zero-order valence-electron chi connectivity index (χ0n) is 11.4. The molecule has 0 bridgehead atoms. The van der Waals surface area contributed by atoms with E-state index in [-0.39, 0.29) is 17.6 Å². The van der Waals surface area contributed by atoms with Gasteiger partial charge in [0.15, 0.2) is 0 Å². The lowest BCUT2D eigenvalue weighted by Gasteiger charge is -2.23. The van der Waals surface area contributed by atoms with Gasteiger partial charge in [-0.25, -0.2) is 4.98 Å². The minimum atomic E-state index is -4.43. The normalized spacial score (nSPS) is 17.9. The molecule has 0 aliphatic carbocycles. The number of anilines is 1. The van der Waals surface area contributed by atoms with Crippen molar-refractivity contribution >= 4 is 17.4 Å². The maximum Gasteiger partial charge on any atom is 0.416 e. The molecule has 4 nitrogen and oxygen atoms in total. The highest BCUT2D eigenvalue weighted by Crippen LogP contribution is 2.33. The molecule has 0 radical (unpaired) electrons. The van der Waals surface area contributed by atoms with Crippen molar-refractivity contribution in [3.8, 4) is 0 Å². The molecule has 0 aromatic carbocycles. The topological polar surface area (TPSA) is 39.6 Å². The first-order chi connectivity index (χ1) is 9.90. The van der Waals surface area contributed by atoms with Gasteiger partial charge in [-0.3, -0.25) is 4.90 Å². The van der Waals surface area contributed by atoms with Crippen molar-refractivity contribution < 1.29 is 18.3 Å². The van der Waals surface area contributed by atoms with Crippen LogP contribution in [0.25, 0.3) is 0 Å². The van der Waals surface area contributed by atoms with Crippen LogP contribution in [0.1, 0.15) is 12.0 Å². The summed E-state index contributed by atoms with van der Waals surface area (Å²) in [4.78, 5) is 7.89. The van der Waals surface area contributed by atoms with E-state index in [1.165, 1.54) is 0 Å². The van der Waals surface area contributed by atoms with Crippen molar-refractivity contribution in [1.29, 1.82) is 0 Å². The molecule has 8 heteroatoms. The van der Waals surface area contributed by atoms with Gasteiger partial charge >= 0.3 is 6.18 Å². The second-order valence-electron chi connectivity index (χ2n) is 4.94. The Labute approximate surface area is 126 Å². The Morgan fingerprint density at radius 2 is 1.95 bits per heavy atom. The van der Waals surface area contributed by atoms with E-state index in [9.17, 15) is 13.2 Å². The quantitative estimate of drug-likeness (QED) is 0.866. The summed E-state index contributed by atoms with van der Waals surface area (Å²) in [5.74, 6) is 0.251. The number of nitrogens with zero attached hydrogens (tertiary/aromatic N) is 3. The van der Waals surface area contributed by atoms with E-state index in [0.717, 1.165) is 25.1 Å². The molecular weight excluding hydrogens is 307 g/mol. The third-order valence-corrected chi connectivity index (χ3v) is 3.63. The molecule has 0 saturated carbocycles. The van der Waals surface area contributed by atoms with Gasteiger partial charge in [0.2, 0.25) is 0 Å². The molecule has 2 rings (SSSR count). The smallest absolute Gasteiger partial charge is 0.395 e. The number of rotatable bonds is 3. The fraction of sp³-hybridized carbons (Fsp3) is 0.615. The number of alkyl halides is 3. The van der Waals surface area contributed by atoms with Crippen molar-refractivity contribution in [2.75, 3.05) is 44.2 Å². The van der Waals surface area contributed by atoms with Crippen molar-refractivity contribution in [1.82, 2.24) is 9.88 Å². The van der Waals surface area contributed by atoms with Gasteiger partial charge in [-0.2, -0.15) is 13.2 Å². The molecule has 0 amide bonds. The van der Waals surface area contributed by atoms with Gasteiger partial charge in [-0.15, -0.1) is 0 Å². The van der Waals surface area contributed by atoms with Crippen LogP contribution in [0.5, 0.6) is 0 Å². The lowest BCUT2D eigenvalue weighted by atomic mass is 10.2. The molecule has 1 N–H and O–H groups in total. The van der Waals surface area contributed by atoms with Gasteiger partial charge in [0, 0.05) is 26.2 Å². The van der Waals surface area contributed by atoms with Crippen molar-refractivity contribution in [2.24, 2.45) is 0 Å². The van der Waals surface area contributed by atoms with Gasteiger partial charge in [-0.1, -0.05) is 11.6 Å². The number of pyridine rings is 1. The number of hydrogen-bond donors (Lipinski definition) is 1. The standard InChI is InChI=1S/C13H17ClF3N3O/c14-11-8-10(13(15,16)17)9-12(18-11)20-3-1-2-19(4-5-20)6-7-21/h8-9,21H,1-7H2. The number of hydrogen-bond acceptors (Lipinski definition) is 4. The van der Waals surface area contributed by atoms with Crippen LogP contribution in [-0.4, -0.2) is 54.3 Å². The summed E-state index contributed by atoms with van der Waals surface area (Å²) >= 11 is 5.71. The zero-order valence-corrected chi connectivity index (χ0v) is 12.2. The molecule has 2 heterocycles. The van der Waals surface area contributed by atoms with E-state index in [1.54, 1.807) is 4.90 Å². The SMILES string of the molecule is OCCN1CCCN(c2cc(C(F)(F)F)cc(Cl)n2)CC1. The van der Waals surface area contributed by atoms with Crippen molar-refractivity contribution in [3.63, 3.8) is 0 Å². The maximum atomic E-state index is 12.8. The van der Waals surface area contributed by atoms with Gasteiger partial charge in [-0.05, 0) is 25.1 Å². The molecule has 1 aromatic rings. The van der Waals surface area contributed by atoms with Crippen LogP contribution < -0.4 is 4.90 Å². The second kappa shape index (κ2) is 6.81. The fourth-order valence-corrected chi connectivity index (χ4v) is 2.58. The predicted octanol–water partition coefficient (Wildman–Crippen LogP) is 2.26. The van der Waals surface area contributed by atoms with E-state index in [2.05, 4.69) is 9.88 Å². The Bertz CT molecular complexity index is 484. The lowest BCUT2D eigenvalue weighted by molar-refractivity contribution is -0.137. The number of β-amino-alcohol motifs (C(OH)–C–C–N with tert-alkyl or cyclic N) is 1. The monoisotopic (exact) mass is 323 g/mol. The number of aromatic nitrogens is 1. The minimum Gasteiger partial charge on any atom is -0.395 e. The number of aliphatic hydroxyl groups is 1. The first-order valence-corrected chi connectivity index (χ1v) is 7.11. The highest BCUT2D eigenvalue weighted by Gasteiger charge is 2.32. The molecule has 0 unspecified atom stereocenters. The third kappa shape index (κ3) is 4.46. The molecule has 21 heavy (non-hydrogen) atoms. The molecule has 1 fully saturated rings. The van der Waals surface area contributed by atoms with E-state index in [1.807, 2.05) is 0 Å². The Morgan fingerprint density at radius 3 is 2.62 bits per heavy atom. The summed E-state index contributed by atoms with van der Waals surface area (Å²) in [6.07, 6.45) is -3.63. The largest absolute Gasteiger partial charge is 0.416 e. The van der Waals surface area contributed by atoms with Crippen LogP contribution in [0.2, 0.25) is 5.15 Å². The second-order valence-corrected chi connectivity index (χ2v) is 5.33. The molecule has 0 atom stereocenters. The van der Waals surface area contributed by atoms with Gasteiger partial charge in [0.1, 0.15) is 11.0 Å². The van der Waals surface area contributed by atoms with Crippen LogP contribution in [0.3, 0.4) is 0 Å². The van der Waals surface area contributed by atoms with E-state index < -0.39 is 11.7 Å². The first-order valence-electron chi connectivity index (χ1n) is 6.73. The Morgan fingerprint density at radius 1 is 1.19 bits per heavy atom. The highest BCUT2D eigenvalue weighted by molar-refractivity contribution is 6.29. The van der Waals surface area contributed by atoms with E-state index in [0.29, 0.717) is 26.2 Å². The number of halogens is 4. The highest BCUT2D eigenvalue weighted by atomic mass is 35.5. The van der Waals surface area contributed by atoms with Crippen LogP contribution in [0, 0.1) is 0 Å². The van der Waals surface area contributed by atoms with Gasteiger partial charge in [0.05, 0.1) is 12.2 Å². The van der Waals surface area contributed by atoms with Gasteiger partial charge < -0.3 is 10.0 Å². The van der Waals surface area contributed by atoms with Crippen LogP contribution in [-0.2, 0) is 6.18 Å². The van der Waals surface area contributed by atoms with Crippen LogP contribution in [0.4, 0.5) is 19.0 Å². The van der Waals surface area contributed by atoms with Crippen LogP contribution in [0.15, 0.2) is 12.1 Å². The number of aliphatic hydroxyl groups excluding tert-OH is 1. The Balaban J connectivity index is 2.16. The molecule has 1 aliphatic heterocycles. The summed E-state index contributed by atoms with van der Waals surface area (Å²) in [5, 5.41) is 8.79. The summed E-state index contributed by atoms with van der Waals surface area (Å²) in [5.41, 5.74) is -0.783. The molecule has 118 valence electrons. The van der Waals surface area contributed by atoms with Crippen LogP contribution >= 0.6 is 11.6 Å². The molecule has 1 saturated heterocycles. The summed E-state index contributed by atoms with van der Waals surface area (Å²) < 4.78 is 38.5. The molecular formula is C13H17ClF3N3O. The maximum absolute atomic E-state index is 12.8. The fourth-order valence-electron chi connectivity index (χ4n) is 2.37. The average molecular weight is 324 g/mol. The van der Waals surface area contributed by atoms with E-state index in [4.69, 9.17) is 16.7 Å². The van der Waals surface area contributed by atoms with Crippen molar-refractivity contribution in [3.05, 3.63) is 22.8 Å². The zero-order chi connectivity index (χ0) is 15.5. The summed E-state index contributed by atoms with van der Waals surface area (Å²) in [6.45, 7) is 3.31. The van der Waals surface area contributed by atoms with E-state index >= 15 is 0 Å². The molecule has 1 aromatic heterocycles. The Kier molecular flexibility index (Phi) is 5.29. The van der Waals surface area contributed by atoms with Gasteiger partial charge in [0.25, 0.3) is 0 Å². The molecule has 0 spiro atoms. The minimum absolute atomic E-state index is 0.0770. The molecule has 1 aliphatic rings. The first kappa shape index (κ1) is 16.3. The average Bonchev–Trinajstić information content (AvgIpc) is 2.63. The predicted molar refractivity (Wildman–Crippen MR) is 74.6 cm³/mol. The third-order valence-electron chi connectivity index (χ3n) is 3.44. The summed E-state index contributed by atoms with van der Waals surface area (Å²) in [7, 11) is 0. The Hall–Kier alpha value is -1.05. The lowest BCUT2D eigenvalue weighted by Crippen LogP contribution is -2.32.